The van der Waals surface area contributed by atoms with Crippen molar-refractivity contribution >= 4 is 17.4 Å². The first-order valence-corrected chi connectivity index (χ1v) is 6.26. The summed E-state index contributed by atoms with van der Waals surface area (Å²) >= 11 is 0. The summed E-state index contributed by atoms with van der Waals surface area (Å²) in [6, 6.07) is 5.07. The van der Waals surface area contributed by atoms with Crippen molar-refractivity contribution in [2.45, 2.75) is 20.3 Å². The topological polar surface area (TPSA) is 106 Å². The van der Waals surface area contributed by atoms with Crippen LogP contribution in [-0.2, 0) is 4.79 Å². The van der Waals surface area contributed by atoms with Gasteiger partial charge < -0.3 is 25.7 Å². The predicted molar refractivity (Wildman–Crippen MR) is 75.4 cm³/mol. The number of nitrogens with zero attached hydrogens (tertiary/aromatic N) is 1. The van der Waals surface area contributed by atoms with Crippen LogP contribution < -0.4 is 20.5 Å². The fourth-order valence-corrected chi connectivity index (χ4v) is 1.53. The van der Waals surface area contributed by atoms with Crippen molar-refractivity contribution in [1.29, 1.82) is 0 Å². The zero-order chi connectivity index (χ0) is 15.0. The van der Waals surface area contributed by atoms with E-state index in [0.29, 0.717) is 30.4 Å². The zero-order valence-electron chi connectivity index (χ0n) is 11.5. The smallest absolute Gasteiger partial charge is 0.232 e. The average molecular weight is 281 g/mol. The molecule has 0 saturated heterocycles. The van der Waals surface area contributed by atoms with Crippen molar-refractivity contribution in [3.63, 3.8) is 0 Å². The lowest BCUT2D eigenvalue weighted by atomic mass is 10.2. The van der Waals surface area contributed by atoms with Gasteiger partial charge in [-0.1, -0.05) is 5.16 Å². The lowest BCUT2D eigenvalue weighted by molar-refractivity contribution is -0.115. The van der Waals surface area contributed by atoms with Crippen LogP contribution in [0.5, 0.6) is 11.5 Å². The Morgan fingerprint density at radius 3 is 2.55 bits per heavy atom. The molecule has 0 unspecified atom stereocenters. The number of amidine groups is 1. The van der Waals surface area contributed by atoms with Crippen molar-refractivity contribution in [1.82, 2.24) is 0 Å². The van der Waals surface area contributed by atoms with Crippen molar-refractivity contribution in [2.75, 3.05) is 18.5 Å². The van der Waals surface area contributed by atoms with E-state index in [4.69, 9.17) is 20.4 Å². The second kappa shape index (κ2) is 7.88. The van der Waals surface area contributed by atoms with E-state index in [2.05, 4.69) is 10.5 Å². The van der Waals surface area contributed by atoms with Gasteiger partial charge in [-0.05, 0) is 26.0 Å². The van der Waals surface area contributed by atoms with E-state index in [1.807, 2.05) is 13.8 Å². The molecule has 0 aromatic heterocycles. The molecule has 1 aromatic carbocycles. The highest BCUT2D eigenvalue weighted by Gasteiger charge is 2.09. The van der Waals surface area contributed by atoms with E-state index in [1.54, 1.807) is 18.2 Å². The minimum Gasteiger partial charge on any atom is -0.490 e. The second-order valence-corrected chi connectivity index (χ2v) is 3.84. The van der Waals surface area contributed by atoms with Crippen molar-refractivity contribution in [2.24, 2.45) is 10.9 Å². The van der Waals surface area contributed by atoms with E-state index >= 15 is 0 Å². The highest BCUT2D eigenvalue weighted by atomic mass is 16.5. The lowest BCUT2D eigenvalue weighted by Gasteiger charge is -2.12. The summed E-state index contributed by atoms with van der Waals surface area (Å²) < 4.78 is 10.9. The molecule has 0 fully saturated rings. The van der Waals surface area contributed by atoms with Gasteiger partial charge in [-0.3, -0.25) is 4.79 Å². The summed E-state index contributed by atoms with van der Waals surface area (Å²) in [4.78, 5) is 11.6. The number of rotatable bonds is 7. The van der Waals surface area contributed by atoms with Gasteiger partial charge in [0, 0.05) is 11.8 Å². The Labute approximate surface area is 117 Å². The normalized spacial score (nSPS) is 11.0. The quantitative estimate of drug-likeness (QED) is 0.304. The van der Waals surface area contributed by atoms with Gasteiger partial charge in [0.25, 0.3) is 0 Å². The maximum atomic E-state index is 11.6. The number of ether oxygens (including phenoxy) is 2. The van der Waals surface area contributed by atoms with Crippen LogP contribution >= 0.6 is 0 Å². The van der Waals surface area contributed by atoms with Crippen LogP contribution in [0.25, 0.3) is 0 Å². The van der Waals surface area contributed by atoms with Gasteiger partial charge in [0.05, 0.1) is 19.6 Å². The molecule has 4 N–H and O–H groups in total. The monoisotopic (exact) mass is 281 g/mol. The van der Waals surface area contributed by atoms with Gasteiger partial charge in [0.2, 0.25) is 5.91 Å². The van der Waals surface area contributed by atoms with Crippen LogP contribution in [0.4, 0.5) is 5.69 Å². The zero-order valence-corrected chi connectivity index (χ0v) is 11.5. The molecule has 0 spiro atoms. The fraction of sp³-hybridized carbons (Fsp3) is 0.385. The molecule has 0 atom stereocenters. The van der Waals surface area contributed by atoms with E-state index in [-0.39, 0.29) is 18.2 Å². The number of anilines is 1. The number of hydrogen-bond acceptors (Lipinski definition) is 5. The van der Waals surface area contributed by atoms with Crippen LogP contribution in [-0.4, -0.2) is 30.2 Å². The minimum atomic E-state index is -0.382. The first kappa shape index (κ1) is 15.6. The molecule has 7 heteroatoms. The molecule has 20 heavy (non-hydrogen) atoms. The van der Waals surface area contributed by atoms with E-state index in [0.717, 1.165) is 0 Å². The molecular weight excluding hydrogens is 262 g/mol. The molecule has 1 aromatic rings. The Balaban J connectivity index is 2.80. The molecule has 1 rings (SSSR count). The summed E-state index contributed by atoms with van der Waals surface area (Å²) in [6.07, 6.45) is -0.187. The Morgan fingerprint density at radius 1 is 1.30 bits per heavy atom. The first-order valence-electron chi connectivity index (χ1n) is 6.26. The SMILES string of the molecule is CCOc1ccc(NC(=O)C/C(N)=N/O)cc1OCC. The lowest BCUT2D eigenvalue weighted by Crippen LogP contribution is -2.22. The Morgan fingerprint density at radius 2 is 1.95 bits per heavy atom. The number of amides is 1. The summed E-state index contributed by atoms with van der Waals surface area (Å²) in [7, 11) is 0. The number of hydrogen-bond donors (Lipinski definition) is 3. The third-order valence-corrected chi connectivity index (χ3v) is 2.30. The van der Waals surface area contributed by atoms with Crippen LogP contribution in [0.2, 0.25) is 0 Å². The van der Waals surface area contributed by atoms with Gasteiger partial charge in [0.15, 0.2) is 11.5 Å². The largest absolute Gasteiger partial charge is 0.490 e. The third kappa shape index (κ3) is 4.68. The van der Waals surface area contributed by atoms with Crippen LogP contribution in [0.1, 0.15) is 20.3 Å². The van der Waals surface area contributed by atoms with Crippen molar-refractivity contribution in [3.05, 3.63) is 18.2 Å². The highest BCUT2D eigenvalue weighted by Crippen LogP contribution is 2.30. The molecule has 1 amide bonds. The number of oxime groups is 1. The van der Waals surface area contributed by atoms with Crippen LogP contribution in [0, 0.1) is 0 Å². The summed E-state index contributed by atoms with van der Waals surface area (Å²) in [5.74, 6) is 0.630. The Hall–Kier alpha value is -2.44. The molecule has 0 aliphatic heterocycles. The van der Waals surface area contributed by atoms with E-state index < -0.39 is 0 Å². The van der Waals surface area contributed by atoms with Crippen LogP contribution in [0.3, 0.4) is 0 Å². The fourth-order valence-electron chi connectivity index (χ4n) is 1.53. The molecule has 0 aliphatic carbocycles. The molecule has 0 bridgehead atoms. The highest BCUT2D eigenvalue weighted by molar-refractivity contribution is 6.04. The molecule has 0 radical (unpaired) electrons. The van der Waals surface area contributed by atoms with Gasteiger partial charge in [-0.15, -0.1) is 0 Å². The van der Waals surface area contributed by atoms with E-state index in [1.165, 1.54) is 0 Å². The first-order chi connectivity index (χ1) is 9.60. The summed E-state index contributed by atoms with van der Waals surface area (Å²) in [5.41, 5.74) is 5.81. The number of nitrogens with one attached hydrogen (secondary N) is 1. The van der Waals surface area contributed by atoms with Crippen molar-refractivity contribution < 1.29 is 19.5 Å². The van der Waals surface area contributed by atoms with Gasteiger partial charge in [-0.25, -0.2) is 0 Å². The summed E-state index contributed by atoms with van der Waals surface area (Å²) in [6.45, 7) is 4.75. The number of carbonyl (C=O) groups is 1. The predicted octanol–water partition coefficient (Wildman–Crippen LogP) is 1.56. The molecule has 0 heterocycles. The minimum absolute atomic E-state index is 0.154. The van der Waals surface area contributed by atoms with Crippen molar-refractivity contribution in [3.8, 4) is 11.5 Å². The van der Waals surface area contributed by atoms with Gasteiger partial charge >= 0.3 is 0 Å². The molecule has 0 saturated carbocycles. The molecule has 7 nitrogen and oxygen atoms in total. The van der Waals surface area contributed by atoms with Gasteiger partial charge in [0.1, 0.15) is 5.84 Å². The number of benzene rings is 1. The van der Waals surface area contributed by atoms with Crippen LogP contribution in [0.15, 0.2) is 23.4 Å². The number of nitrogens with two attached hydrogens (primary N) is 1. The average Bonchev–Trinajstić information content (AvgIpc) is 2.42. The Bertz CT molecular complexity index is 489. The molecule has 0 aliphatic rings. The summed E-state index contributed by atoms with van der Waals surface area (Å²) in [5, 5.41) is 13.8. The number of carbonyl (C=O) groups excluding carboxylic acids is 1. The maximum Gasteiger partial charge on any atom is 0.232 e. The third-order valence-electron chi connectivity index (χ3n) is 2.30. The maximum absolute atomic E-state index is 11.6. The van der Waals surface area contributed by atoms with Gasteiger partial charge in [-0.2, -0.15) is 0 Å². The Kier molecular flexibility index (Phi) is 6.15. The molecular formula is C13H19N3O4. The second-order valence-electron chi connectivity index (χ2n) is 3.84. The standard InChI is InChI=1S/C13H19N3O4/c1-3-19-10-6-5-9(7-11(10)20-4-2)15-13(17)8-12(14)16-18/h5-7,18H,3-4,8H2,1-2H3,(H2,14,16)(H,15,17). The van der Waals surface area contributed by atoms with E-state index in [9.17, 15) is 4.79 Å². The molecule has 110 valence electrons.